The van der Waals surface area contributed by atoms with Gasteiger partial charge in [0, 0.05) is 6.54 Å². The summed E-state index contributed by atoms with van der Waals surface area (Å²) in [6, 6.07) is 2.83. The molecule has 0 bridgehead atoms. The molecule has 5 nitrogen and oxygen atoms in total. The highest BCUT2D eigenvalue weighted by molar-refractivity contribution is 5.99. The number of phenolic OH excluding ortho intramolecular Hbond substituents is 1. The van der Waals surface area contributed by atoms with Gasteiger partial charge < -0.3 is 15.1 Å². The lowest BCUT2D eigenvalue weighted by molar-refractivity contribution is -0.141. The smallest absolute Gasteiger partial charge is 0.326 e. The van der Waals surface area contributed by atoms with Gasteiger partial charge in [-0.15, -0.1) is 0 Å². The van der Waals surface area contributed by atoms with Crippen molar-refractivity contribution >= 4 is 11.9 Å². The van der Waals surface area contributed by atoms with Crippen LogP contribution in [0, 0.1) is 0 Å². The molecule has 1 aliphatic rings. The van der Waals surface area contributed by atoms with E-state index in [-0.39, 0.29) is 23.1 Å². The Morgan fingerprint density at radius 3 is 2.35 bits per heavy atom. The fraction of sp³-hybridized carbons (Fsp3) is 0.556. The minimum absolute atomic E-state index is 0.0227. The summed E-state index contributed by atoms with van der Waals surface area (Å²) in [6.07, 6.45) is 1.13. The number of carbonyl (C=O) groups is 2. The number of nitrogens with zero attached hydrogens (tertiary/aromatic N) is 1. The first-order valence-electron chi connectivity index (χ1n) is 8.14. The van der Waals surface area contributed by atoms with Crippen LogP contribution >= 0.6 is 0 Å². The first-order valence-corrected chi connectivity index (χ1v) is 8.14. The third kappa shape index (κ3) is 3.33. The molecule has 2 rings (SSSR count). The number of hydrogen-bond acceptors (Lipinski definition) is 3. The molecule has 0 spiro atoms. The highest BCUT2D eigenvalue weighted by Crippen LogP contribution is 2.34. The van der Waals surface area contributed by atoms with Crippen molar-refractivity contribution in [2.24, 2.45) is 0 Å². The average molecular weight is 319 g/mol. The second kappa shape index (κ2) is 6.60. The van der Waals surface area contributed by atoms with Crippen LogP contribution in [0.15, 0.2) is 12.1 Å². The molecular weight excluding hydrogens is 294 g/mol. The molecule has 1 heterocycles. The summed E-state index contributed by atoms with van der Waals surface area (Å²) in [6.45, 7) is 8.39. The predicted molar refractivity (Wildman–Crippen MR) is 88.0 cm³/mol. The summed E-state index contributed by atoms with van der Waals surface area (Å²) < 4.78 is 0. The van der Waals surface area contributed by atoms with Crippen molar-refractivity contribution in [3.63, 3.8) is 0 Å². The standard InChI is InChI=1S/C18H25NO4/c1-10(2)12-8-13(11(3)4)16(20)14(9-12)17(21)19-7-5-6-15(19)18(22)23/h8-11,15,20H,5-7H2,1-4H3,(H,22,23)/t15-/m0/s1. The zero-order chi connectivity index (χ0) is 17.3. The van der Waals surface area contributed by atoms with Gasteiger partial charge in [-0.25, -0.2) is 4.79 Å². The van der Waals surface area contributed by atoms with E-state index in [0.29, 0.717) is 19.4 Å². The molecule has 0 aliphatic carbocycles. The van der Waals surface area contributed by atoms with Crippen LogP contribution in [0.3, 0.4) is 0 Å². The van der Waals surface area contributed by atoms with Gasteiger partial charge in [0.1, 0.15) is 11.8 Å². The number of carboxylic acids is 1. The van der Waals surface area contributed by atoms with Crippen molar-refractivity contribution < 1.29 is 19.8 Å². The number of likely N-dealkylation sites (tertiary alicyclic amines) is 1. The van der Waals surface area contributed by atoms with Crippen molar-refractivity contribution in [2.75, 3.05) is 6.54 Å². The average Bonchev–Trinajstić information content (AvgIpc) is 2.95. The SMILES string of the molecule is CC(C)c1cc(C(=O)N2CCC[C@H]2C(=O)O)c(O)c(C(C)C)c1. The third-order valence-corrected chi connectivity index (χ3v) is 4.48. The number of aromatic hydroxyl groups is 1. The predicted octanol–water partition coefficient (Wildman–Crippen LogP) is 3.33. The topological polar surface area (TPSA) is 77.8 Å². The number of rotatable bonds is 4. The second-order valence-electron chi connectivity index (χ2n) is 6.81. The normalized spacial score (nSPS) is 18.0. The third-order valence-electron chi connectivity index (χ3n) is 4.48. The first-order chi connectivity index (χ1) is 10.7. The lowest BCUT2D eigenvalue weighted by Gasteiger charge is -2.24. The van der Waals surface area contributed by atoms with Crippen LogP contribution in [0.5, 0.6) is 5.75 Å². The molecule has 0 saturated carbocycles. The van der Waals surface area contributed by atoms with Gasteiger partial charge in [-0.3, -0.25) is 4.79 Å². The molecule has 0 aromatic heterocycles. The van der Waals surface area contributed by atoms with Crippen LogP contribution in [0.1, 0.15) is 73.9 Å². The Morgan fingerprint density at radius 2 is 1.83 bits per heavy atom. The summed E-state index contributed by atoms with van der Waals surface area (Å²) in [7, 11) is 0. The van der Waals surface area contributed by atoms with Gasteiger partial charge in [0.05, 0.1) is 5.56 Å². The van der Waals surface area contributed by atoms with Crippen LogP contribution in [-0.4, -0.2) is 39.6 Å². The minimum Gasteiger partial charge on any atom is -0.507 e. The summed E-state index contributed by atoms with van der Waals surface area (Å²) in [5.41, 5.74) is 1.92. The van der Waals surface area contributed by atoms with Crippen molar-refractivity contribution in [1.82, 2.24) is 4.90 Å². The van der Waals surface area contributed by atoms with E-state index in [1.807, 2.05) is 33.8 Å². The summed E-state index contributed by atoms with van der Waals surface area (Å²) in [5.74, 6) is -1.11. The Bertz CT molecular complexity index is 622. The van der Waals surface area contributed by atoms with E-state index in [0.717, 1.165) is 11.1 Å². The molecule has 5 heteroatoms. The van der Waals surface area contributed by atoms with E-state index in [2.05, 4.69) is 0 Å². The number of aliphatic carboxylic acids is 1. The van der Waals surface area contributed by atoms with Crippen LogP contribution in [0.2, 0.25) is 0 Å². The van der Waals surface area contributed by atoms with E-state index in [1.165, 1.54) is 4.90 Å². The molecule has 126 valence electrons. The lowest BCUT2D eigenvalue weighted by Crippen LogP contribution is -2.40. The summed E-state index contributed by atoms with van der Waals surface area (Å²) in [5, 5.41) is 19.8. The Morgan fingerprint density at radius 1 is 1.17 bits per heavy atom. The molecule has 0 radical (unpaired) electrons. The van der Waals surface area contributed by atoms with Crippen LogP contribution < -0.4 is 0 Å². The van der Waals surface area contributed by atoms with Crippen LogP contribution in [0.25, 0.3) is 0 Å². The van der Waals surface area contributed by atoms with Gasteiger partial charge in [-0.05, 0) is 41.9 Å². The first kappa shape index (κ1) is 17.3. The van der Waals surface area contributed by atoms with Gasteiger partial charge in [0.25, 0.3) is 5.91 Å². The molecule has 1 aromatic carbocycles. The van der Waals surface area contributed by atoms with E-state index in [9.17, 15) is 19.8 Å². The maximum Gasteiger partial charge on any atom is 0.326 e. The summed E-state index contributed by atoms with van der Waals surface area (Å²) >= 11 is 0. The highest BCUT2D eigenvalue weighted by Gasteiger charge is 2.35. The quantitative estimate of drug-likeness (QED) is 0.892. The van der Waals surface area contributed by atoms with Gasteiger partial charge in [-0.2, -0.15) is 0 Å². The Kier molecular flexibility index (Phi) is 4.97. The molecule has 0 unspecified atom stereocenters. The van der Waals surface area contributed by atoms with Crippen molar-refractivity contribution in [3.05, 3.63) is 28.8 Å². The number of hydrogen-bond donors (Lipinski definition) is 2. The lowest BCUT2D eigenvalue weighted by atomic mass is 9.91. The minimum atomic E-state index is -0.987. The molecule has 1 atom stereocenters. The van der Waals surface area contributed by atoms with Crippen molar-refractivity contribution in [2.45, 2.75) is 58.4 Å². The van der Waals surface area contributed by atoms with E-state index >= 15 is 0 Å². The fourth-order valence-corrected chi connectivity index (χ4v) is 3.04. The van der Waals surface area contributed by atoms with Crippen molar-refractivity contribution in [1.29, 1.82) is 0 Å². The van der Waals surface area contributed by atoms with Crippen molar-refractivity contribution in [3.8, 4) is 5.75 Å². The highest BCUT2D eigenvalue weighted by atomic mass is 16.4. The van der Waals surface area contributed by atoms with Crippen LogP contribution in [-0.2, 0) is 4.79 Å². The molecule has 1 saturated heterocycles. The Labute approximate surface area is 136 Å². The maximum atomic E-state index is 12.8. The Hall–Kier alpha value is -2.04. The molecule has 2 N–H and O–H groups in total. The van der Waals surface area contributed by atoms with Gasteiger partial charge in [0.15, 0.2) is 0 Å². The van der Waals surface area contributed by atoms with Crippen LogP contribution in [0.4, 0.5) is 0 Å². The number of benzene rings is 1. The molecule has 1 aliphatic heterocycles. The fourth-order valence-electron chi connectivity index (χ4n) is 3.04. The van der Waals surface area contributed by atoms with Gasteiger partial charge >= 0.3 is 5.97 Å². The summed E-state index contributed by atoms with van der Waals surface area (Å²) in [4.78, 5) is 25.5. The second-order valence-corrected chi connectivity index (χ2v) is 6.81. The zero-order valence-corrected chi connectivity index (χ0v) is 14.2. The largest absolute Gasteiger partial charge is 0.507 e. The Balaban J connectivity index is 2.49. The molecule has 23 heavy (non-hydrogen) atoms. The number of amides is 1. The number of phenols is 1. The molecule has 1 amide bonds. The number of carboxylic acid groups (broad SMARTS) is 1. The maximum absolute atomic E-state index is 12.8. The van der Waals surface area contributed by atoms with Gasteiger partial charge in [-0.1, -0.05) is 33.8 Å². The van der Waals surface area contributed by atoms with E-state index in [4.69, 9.17) is 0 Å². The molecule has 1 aromatic rings. The molecular formula is C18H25NO4. The monoisotopic (exact) mass is 319 g/mol. The number of carbonyl (C=O) groups excluding carboxylic acids is 1. The van der Waals surface area contributed by atoms with E-state index < -0.39 is 17.9 Å². The zero-order valence-electron chi connectivity index (χ0n) is 14.2. The molecule has 1 fully saturated rings. The van der Waals surface area contributed by atoms with E-state index in [1.54, 1.807) is 6.07 Å². The van der Waals surface area contributed by atoms with Gasteiger partial charge in [0.2, 0.25) is 0 Å².